The van der Waals surface area contributed by atoms with Crippen molar-refractivity contribution in [1.29, 1.82) is 0 Å². The van der Waals surface area contributed by atoms with Crippen LogP contribution < -0.4 is 9.62 Å². The van der Waals surface area contributed by atoms with Crippen molar-refractivity contribution < 1.29 is 13.2 Å². The normalized spacial score (nSPS) is 13.4. The Morgan fingerprint density at radius 2 is 1.79 bits per heavy atom. The topological polar surface area (TPSA) is 71.4 Å². The standard InChI is InChI=1S/C21H21N3O3S/c25-21(18-7-5-8-19(16-18)23-12-3-4-13-23)22-11-15-28(26,27)24-14-10-17-6-1-2-9-20(17)24/h1-9,12-13,16H,10-11,14-15H2,(H,22,25). The summed E-state index contributed by atoms with van der Waals surface area (Å²) in [5.74, 6) is -0.421. The third kappa shape index (κ3) is 3.66. The second-order valence-corrected chi connectivity index (χ2v) is 8.68. The molecular formula is C21H21N3O3S. The zero-order chi connectivity index (χ0) is 19.6. The second-order valence-electron chi connectivity index (χ2n) is 6.66. The van der Waals surface area contributed by atoms with Crippen molar-refractivity contribution in [3.8, 4) is 5.69 Å². The van der Waals surface area contributed by atoms with E-state index in [-0.39, 0.29) is 18.2 Å². The number of benzene rings is 2. The van der Waals surface area contributed by atoms with E-state index < -0.39 is 10.0 Å². The molecule has 3 aromatic rings. The summed E-state index contributed by atoms with van der Waals surface area (Å²) in [6, 6.07) is 18.6. The number of nitrogens with zero attached hydrogens (tertiary/aromatic N) is 2. The van der Waals surface area contributed by atoms with E-state index in [0.717, 1.165) is 16.9 Å². The summed E-state index contributed by atoms with van der Waals surface area (Å²) in [6.45, 7) is 0.516. The molecule has 1 N–H and O–H groups in total. The Morgan fingerprint density at radius 3 is 2.61 bits per heavy atom. The zero-order valence-corrected chi connectivity index (χ0v) is 16.1. The molecule has 0 saturated heterocycles. The Kier molecular flexibility index (Phi) is 4.92. The van der Waals surface area contributed by atoms with Crippen molar-refractivity contribution in [2.75, 3.05) is 23.1 Å². The second kappa shape index (κ2) is 7.52. The van der Waals surface area contributed by atoms with Crippen molar-refractivity contribution in [3.63, 3.8) is 0 Å². The zero-order valence-electron chi connectivity index (χ0n) is 15.3. The average Bonchev–Trinajstić information content (AvgIpc) is 3.38. The minimum absolute atomic E-state index is 0.0631. The van der Waals surface area contributed by atoms with Gasteiger partial charge < -0.3 is 9.88 Å². The molecule has 2 heterocycles. The maximum absolute atomic E-state index is 12.7. The molecule has 7 heteroatoms. The highest BCUT2D eigenvalue weighted by molar-refractivity contribution is 7.92. The van der Waals surface area contributed by atoms with Crippen molar-refractivity contribution in [2.24, 2.45) is 0 Å². The highest BCUT2D eigenvalue weighted by Gasteiger charge is 2.28. The molecule has 0 fully saturated rings. The first-order chi connectivity index (χ1) is 13.5. The van der Waals surface area contributed by atoms with E-state index >= 15 is 0 Å². The van der Waals surface area contributed by atoms with Gasteiger partial charge in [-0.05, 0) is 48.4 Å². The Bertz CT molecular complexity index is 1090. The molecule has 0 radical (unpaired) electrons. The molecule has 1 aliphatic heterocycles. The van der Waals surface area contributed by atoms with Crippen molar-refractivity contribution >= 4 is 21.6 Å². The first kappa shape index (κ1) is 18.3. The molecule has 0 saturated carbocycles. The molecule has 6 nitrogen and oxygen atoms in total. The van der Waals surface area contributed by atoms with Crippen LogP contribution in [0.2, 0.25) is 0 Å². The number of carbonyl (C=O) groups is 1. The smallest absolute Gasteiger partial charge is 0.251 e. The number of fused-ring (bicyclic) bond motifs is 1. The number of carbonyl (C=O) groups excluding carboxylic acids is 1. The fraction of sp³-hybridized carbons (Fsp3) is 0.190. The summed E-state index contributed by atoms with van der Waals surface area (Å²) in [7, 11) is -3.48. The average molecular weight is 395 g/mol. The van der Waals surface area contributed by atoms with Crippen LogP contribution in [0.3, 0.4) is 0 Å². The number of sulfonamides is 1. The van der Waals surface area contributed by atoms with E-state index in [9.17, 15) is 13.2 Å². The first-order valence-electron chi connectivity index (χ1n) is 9.14. The maximum Gasteiger partial charge on any atom is 0.251 e. The van der Waals surface area contributed by atoms with Gasteiger partial charge in [-0.3, -0.25) is 9.10 Å². The third-order valence-corrected chi connectivity index (χ3v) is 6.61. The summed E-state index contributed by atoms with van der Waals surface area (Å²) in [6.07, 6.45) is 4.52. The van der Waals surface area contributed by atoms with Gasteiger partial charge in [-0.25, -0.2) is 8.42 Å². The number of hydrogen-bond acceptors (Lipinski definition) is 3. The number of hydrogen-bond donors (Lipinski definition) is 1. The van der Waals surface area contributed by atoms with E-state index in [0.29, 0.717) is 18.5 Å². The number of amides is 1. The number of aromatic nitrogens is 1. The van der Waals surface area contributed by atoms with Crippen LogP contribution in [0.15, 0.2) is 73.1 Å². The van der Waals surface area contributed by atoms with Crippen LogP contribution in [-0.2, 0) is 16.4 Å². The van der Waals surface area contributed by atoms with Gasteiger partial charge in [-0.2, -0.15) is 0 Å². The Morgan fingerprint density at radius 1 is 1.00 bits per heavy atom. The van der Waals surface area contributed by atoms with Crippen LogP contribution in [0.5, 0.6) is 0 Å². The molecule has 0 bridgehead atoms. The molecule has 1 aliphatic rings. The third-order valence-electron chi connectivity index (χ3n) is 4.84. The Labute approximate surface area is 164 Å². The van der Waals surface area contributed by atoms with Gasteiger partial charge in [0.15, 0.2) is 0 Å². The monoisotopic (exact) mass is 395 g/mol. The van der Waals surface area contributed by atoms with Crippen molar-refractivity contribution in [2.45, 2.75) is 6.42 Å². The van der Waals surface area contributed by atoms with Crippen LogP contribution in [0.4, 0.5) is 5.69 Å². The van der Waals surface area contributed by atoms with Crippen molar-refractivity contribution in [3.05, 3.63) is 84.2 Å². The molecule has 0 atom stereocenters. The quantitative estimate of drug-likeness (QED) is 0.697. The van der Waals surface area contributed by atoms with E-state index in [2.05, 4.69) is 5.32 Å². The Balaban J connectivity index is 1.39. The molecule has 0 unspecified atom stereocenters. The van der Waals surface area contributed by atoms with Gasteiger partial charge in [-0.15, -0.1) is 0 Å². The van der Waals surface area contributed by atoms with Crippen molar-refractivity contribution in [1.82, 2.24) is 9.88 Å². The van der Waals surface area contributed by atoms with Gasteiger partial charge in [-0.1, -0.05) is 24.3 Å². The minimum atomic E-state index is -3.48. The van der Waals surface area contributed by atoms with Crippen LogP contribution in [0.1, 0.15) is 15.9 Å². The molecular weight excluding hydrogens is 374 g/mol. The number of nitrogens with one attached hydrogen (secondary N) is 1. The maximum atomic E-state index is 12.7. The van der Waals surface area contributed by atoms with Crippen LogP contribution in [0, 0.1) is 0 Å². The number of rotatable bonds is 6. The van der Waals surface area contributed by atoms with E-state index in [4.69, 9.17) is 0 Å². The van der Waals surface area contributed by atoms with Gasteiger partial charge in [0.25, 0.3) is 5.91 Å². The molecule has 28 heavy (non-hydrogen) atoms. The lowest BCUT2D eigenvalue weighted by Gasteiger charge is -2.19. The van der Waals surface area contributed by atoms with E-state index in [1.165, 1.54) is 4.31 Å². The number of para-hydroxylation sites is 1. The largest absolute Gasteiger partial charge is 0.351 e. The predicted molar refractivity (Wildman–Crippen MR) is 109 cm³/mol. The highest BCUT2D eigenvalue weighted by Crippen LogP contribution is 2.29. The molecule has 1 amide bonds. The van der Waals surface area contributed by atoms with Gasteiger partial charge in [0, 0.05) is 36.7 Å². The van der Waals surface area contributed by atoms with E-state index in [1.54, 1.807) is 12.1 Å². The molecule has 144 valence electrons. The lowest BCUT2D eigenvalue weighted by atomic mass is 10.2. The van der Waals surface area contributed by atoms with Gasteiger partial charge in [0.05, 0.1) is 11.4 Å². The van der Waals surface area contributed by atoms with Crippen LogP contribution >= 0.6 is 0 Å². The van der Waals surface area contributed by atoms with Gasteiger partial charge in [0.1, 0.15) is 0 Å². The molecule has 0 aliphatic carbocycles. The SMILES string of the molecule is O=C(NCCS(=O)(=O)N1CCc2ccccc21)c1cccc(-n2cccc2)c1. The lowest BCUT2D eigenvalue weighted by Crippen LogP contribution is -2.37. The Hall–Kier alpha value is -3.06. The summed E-state index contributed by atoms with van der Waals surface area (Å²) in [5.41, 5.74) is 3.15. The molecule has 2 aromatic carbocycles. The van der Waals surface area contributed by atoms with E-state index in [1.807, 2.05) is 65.5 Å². The molecule has 1 aromatic heterocycles. The van der Waals surface area contributed by atoms with Crippen LogP contribution in [-0.4, -0.2) is 37.7 Å². The molecule has 0 spiro atoms. The minimum Gasteiger partial charge on any atom is -0.351 e. The van der Waals surface area contributed by atoms with Crippen LogP contribution in [0.25, 0.3) is 5.69 Å². The highest BCUT2D eigenvalue weighted by atomic mass is 32.2. The fourth-order valence-corrected chi connectivity index (χ4v) is 4.84. The summed E-state index contributed by atoms with van der Waals surface area (Å²) >= 11 is 0. The van der Waals surface area contributed by atoms with Gasteiger partial charge >= 0.3 is 0 Å². The van der Waals surface area contributed by atoms with Gasteiger partial charge in [0.2, 0.25) is 10.0 Å². The fourth-order valence-electron chi connectivity index (χ4n) is 3.42. The lowest BCUT2D eigenvalue weighted by molar-refractivity contribution is 0.0956. The summed E-state index contributed by atoms with van der Waals surface area (Å²) in [5, 5.41) is 2.72. The molecule has 4 rings (SSSR count). The summed E-state index contributed by atoms with van der Waals surface area (Å²) in [4.78, 5) is 12.4. The number of anilines is 1. The predicted octanol–water partition coefficient (Wildman–Crippen LogP) is 2.60. The first-order valence-corrected chi connectivity index (χ1v) is 10.8. The summed E-state index contributed by atoms with van der Waals surface area (Å²) < 4.78 is 28.7.